The molecule has 4 rings (SSSR count). The zero-order valence-corrected chi connectivity index (χ0v) is 21.1. The van der Waals surface area contributed by atoms with Gasteiger partial charge in [-0.15, -0.1) is 0 Å². The fourth-order valence-electron chi connectivity index (χ4n) is 4.74. The topological polar surface area (TPSA) is 67.9 Å². The molecular formula is C27H28ClF3N2O4. The van der Waals surface area contributed by atoms with Crippen molar-refractivity contribution in [3.05, 3.63) is 70.3 Å². The van der Waals surface area contributed by atoms with Gasteiger partial charge in [0.05, 0.1) is 12.6 Å². The Morgan fingerprint density at radius 3 is 2.57 bits per heavy atom. The number of hydrogen-bond acceptors (Lipinski definition) is 5. The maximum Gasteiger partial charge on any atom is 0.490 e. The predicted molar refractivity (Wildman–Crippen MR) is 133 cm³/mol. The van der Waals surface area contributed by atoms with Crippen molar-refractivity contribution >= 4 is 29.1 Å². The van der Waals surface area contributed by atoms with Gasteiger partial charge in [0.2, 0.25) is 5.91 Å². The molecule has 1 saturated heterocycles. The van der Waals surface area contributed by atoms with Crippen LogP contribution in [0.5, 0.6) is 5.75 Å². The third-order valence-corrected chi connectivity index (χ3v) is 6.79. The van der Waals surface area contributed by atoms with E-state index in [0.29, 0.717) is 42.5 Å². The minimum Gasteiger partial charge on any atom is -0.494 e. The molecule has 198 valence electrons. The summed E-state index contributed by atoms with van der Waals surface area (Å²) in [5.74, 6) is -1.61. The van der Waals surface area contributed by atoms with E-state index in [1.807, 2.05) is 36.4 Å². The van der Waals surface area contributed by atoms with Crippen LogP contribution in [0, 0.1) is 0 Å². The minimum absolute atomic E-state index is 0.0389. The van der Waals surface area contributed by atoms with Gasteiger partial charge in [-0.05, 0) is 59.7 Å². The highest BCUT2D eigenvalue weighted by atomic mass is 35.5. The first-order valence-corrected chi connectivity index (χ1v) is 12.4. The Bertz CT molecular complexity index is 1170. The van der Waals surface area contributed by atoms with E-state index < -0.39 is 24.8 Å². The molecule has 2 aromatic carbocycles. The number of ether oxygens (including phenoxy) is 2. The zero-order chi connectivity index (χ0) is 26.6. The number of aryl methyl sites for hydroxylation is 1. The number of alkyl halides is 3. The van der Waals surface area contributed by atoms with Crippen molar-refractivity contribution in [3.8, 4) is 5.75 Å². The van der Waals surface area contributed by atoms with Crippen LogP contribution in [0.2, 0.25) is 5.02 Å². The molecule has 2 heterocycles. The maximum absolute atomic E-state index is 12.8. The van der Waals surface area contributed by atoms with Crippen LogP contribution in [-0.2, 0) is 20.7 Å². The van der Waals surface area contributed by atoms with Gasteiger partial charge in [0.1, 0.15) is 12.4 Å². The summed E-state index contributed by atoms with van der Waals surface area (Å²) >= 11 is 5.97. The van der Waals surface area contributed by atoms with E-state index in [9.17, 15) is 22.8 Å². The Hall–Kier alpha value is -3.04. The van der Waals surface area contributed by atoms with Gasteiger partial charge in [-0.25, -0.2) is 4.79 Å². The van der Waals surface area contributed by atoms with Gasteiger partial charge < -0.3 is 19.7 Å². The Morgan fingerprint density at radius 2 is 1.89 bits per heavy atom. The molecule has 10 heteroatoms. The largest absolute Gasteiger partial charge is 0.494 e. The number of halogens is 4. The van der Waals surface area contributed by atoms with Crippen molar-refractivity contribution in [2.75, 3.05) is 26.3 Å². The van der Waals surface area contributed by atoms with E-state index in [4.69, 9.17) is 16.3 Å². The Labute approximate surface area is 218 Å². The monoisotopic (exact) mass is 536 g/mol. The lowest BCUT2D eigenvalue weighted by Gasteiger charge is -2.44. The molecule has 0 aromatic heterocycles. The highest BCUT2D eigenvalue weighted by Gasteiger charge is 2.42. The standard InChI is InChI=1S/C27H28ClF3N2O4/c1-17(34)33-14-21-13-23(24(25(15-33)32-21)16-37-26(35)27(29,30)31)19-9-7-18(8-10-19)4-3-11-36-22-6-2-5-20(28)12-22/h2,5-10,12,21,25,32H,3-4,11,13-16H2,1H3. The second-order valence-electron chi connectivity index (χ2n) is 9.23. The van der Waals surface area contributed by atoms with Gasteiger partial charge in [0, 0.05) is 31.1 Å². The zero-order valence-electron chi connectivity index (χ0n) is 20.3. The first kappa shape index (κ1) is 27.0. The molecule has 1 fully saturated rings. The Kier molecular flexibility index (Phi) is 8.44. The summed E-state index contributed by atoms with van der Waals surface area (Å²) in [5.41, 5.74) is 3.37. The molecule has 0 aliphatic carbocycles. The molecular weight excluding hydrogens is 509 g/mol. The number of esters is 1. The van der Waals surface area contributed by atoms with Crippen molar-refractivity contribution in [1.82, 2.24) is 10.2 Å². The first-order chi connectivity index (χ1) is 17.6. The molecule has 0 radical (unpaired) electrons. The van der Waals surface area contributed by atoms with Gasteiger partial charge >= 0.3 is 12.1 Å². The number of benzene rings is 2. The summed E-state index contributed by atoms with van der Waals surface area (Å²) in [6.07, 6.45) is -2.98. The number of nitrogens with zero attached hydrogens (tertiary/aromatic N) is 1. The fourth-order valence-corrected chi connectivity index (χ4v) is 4.92. The van der Waals surface area contributed by atoms with Crippen LogP contribution in [0.3, 0.4) is 0 Å². The second-order valence-corrected chi connectivity index (χ2v) is 9.66. The molecule has 0 saturated carbocycles. The Morgan fingerprint density at radius 1 is 1.14 bits per heavy atom. The summed E-state index contributed by atoms with van der Waals surface area (Å²) in [5, 5.41) is 3.98. The summed E-state index contributed by atoms with van der Waals surface area (Å²) < 4.78 is 48.6. The number of nitrogens with one attached hydrogen (secondary N) is 1. The van der Waals surface area contributed by atoms with Crippen LogP contribution in [0.4, 0.5) is 13.2 Å². The molecule has 2 bridgehead atoms. The van der Waals surface area contributed by atoms with E-state index in [1.165, 1.54) is 6.92 Å². The van der Waals surface area contributed by atoms with E-state index in [0.717, 1.165) is 29.5 Å². The fraction of sp³-hybridized carbons (Fsp3) is 0.407. The van der Waals surface area contributed by atoms with Gasteiger partial charge in [0.15, 0.2) is 0 Å². The molecule has 2 aliphatic rings. The normalized spacial score (nSPS) is 19.5. The highest BCUT2D eigenvalue weighted by molar-refractivity contribution is 6.30. The van der Waals surface area contributed by atoms with Crippen LogP contribution < -0.4 is 10.1 Å². The molecule has 2 atom stereocenters. The lowest BCUT2D eigenvalue weighted by atomic mass is 9.83. The van der Waals surface area contributed by atoms with Crippen molar-refractivity contribution < 1.29 is 32.2 Å². The number of rotatable bonds is 8. The second kappa shape index (κ2) is 11.6. The molecule has 2 aromatic rings. The number of fused-ring (bicyclic) bond motifs is 2. The number of hydrogen-bond donors (Lipinski definition) is 1. The number of piperazine rings is 1. The summed E-state index contributed by atoms with van der Waals surface area (Å²) in [7, 11) is 0. The van der Waals surface area contributed by atoms with Crippen LogP contribution in [0.1, 0.15) is 30.9 Å². The van der Waals surface area contributed by atoms with E-state index >= 15 is 0 Å². The van der Waals surface area contributed by atoms with Crippen molar-refractivity contribution in [2.24, 2.45) is 0 Å². The quantitative estimate of drug-likeness (QED) is 0.388. The highest BCUT2D eigenvalue weighted by Crippen LogP contribution is 2.34. The SMILES string of the molecule is CC(=O)N1CC2CC(c3ccc(CCCOc4cccc(Cl)c4)cc3)=C(COC(=O)C(F)(F)F)C(C1)N2. The van der Waals surface area contributed by atoms with Crippen LogP contribution in [-0.4, -0.2) is 61.3 Å². The predicted octanol–water partition coefficient (Wildman–Crippen LogP) is 4.80. The van der Waals surface area contributed by atoms with Gasteiger partial charge in [-0.3, -0.25) is 4.79 Å². The van der Waals surface area contributed by atoms with Crippen LogP contribution in [0.25, 0.3) is 5.57 Å². The Balaban J connectivity index is 1.46. The minimum atomic E-state index is -5.07. The van der Waals surface area contributed by atoms with Crippen LogP contribution >= 0.6 is 11.6 Å². The molecule has 6 nitrogen and oxygen atoms in total. The summed E-state index contributed by atoms with van der Waals surface area (Å²) in [4.78, 5) is 25.0. The average molecular weight is 537 g/mol. The van der Waals surface area contributed by atoms with Crippen molar-refractivity contribution in [2.45, 2.75) is 44.4 Å². The summed E-state index contributed by atoms with van der Waals surface area (Å²) in [6.45, 7) is 2.32. The number of amides is 1. The average Bonchev–Trinajstić information content (AvgIpc) is 2.85. The molecule has 2 unspecified atom stereocenters. The number of carbonyl (C=O) groups excluding carboxylic acids is 2. The molecule has 1 amide bonds. The molecule has 2 aliphatic heterocycles. The third-order valence-electron chi connectivity index (χ3n) is 6.55. The van der Waals surface area contributed by atoms with E-state index in [-0.39, 0.29) is 11.9 Å². The summed E-state index contributed by atoms with van der Waals surface area (Å²) in [6, 6.07) is 14.7. The lowest BCUT2D eigenvalue weighted by molar-refractivity contribution is -0.198. The smallest absolute Gasteiger partial charge is 0.490 e. The van der Waals surface area contributed by atoms with E-state index in [2.05, 4.69) is 10.1 Å². The van der Waals surface area contributed by atoms with Gasteiger partial charge in [-0.1, -0.05) is 41.9 Å². The third kappa shape index (κ3) is 7.05. The van der Waals surface area contributed by atoms with E-state index in [1.54, 1.807) is 17.0 Å². The maximum atomic E-state index is 12.8. The molecule has 37 heavy (non-hydrogen) atoms. The lowest BCUT2D eigenvalue weighted by Crippen LogP contribution is -2.60. The van der Waals surface area contributed by atoms with Gasteiger partial charge in [0.25, 0.3) is 0 Å². The van der Waals surface area contributed by atoms with Crippen molar-refractivity contribution in [1.29, 1.82) is 0 Å². The molecule has 0 spiro atoms. The van der Waals surface area contributed by atoms with Crippen LogP contribution in [0.15, 0.2) is 54.1 Å². The van der Waals surface area contributed by atoms with Gasteiger partial charge in [-0.2, -0.15) is 13.2 Å². The molecule has 1 N–H and O–H groups in total. The number of carbonyl (C=O) groups is 2. The first-order valence-electron chi connectivity index (χ1n) is 12.1. The van der Waals surface area contributed by atoms with Crippen molar-refractivity contribution in [3.63, 3.8) is 0 Å².